The van der Waals surface area contributed by atoms with Crippen molar-refractivity contribution in [3.8, 4) is 0 Å². The van der Waals surface area contributed by atoms with Gasteiger partial charge in [-0.2, -0.15) is 0 Å². The van der Waals surface area contributed by atoms with Crippen molar-refractivity contribution in [2.45, 2.75) is 32.2 Å². The Kier molecular flexibility index (Phi) is 3.88. The van der Waals surface area contributed by atoms with Crippen LogP contribution in [0.15, 0.2) is 48.5 Å². The van der Waals surface area contributed by atoms with Gasteiger partial charge < -0.3 is 5.32 Å². The summed E-state index contributed by atoms with van der Waals surface area (Å²) in [5.41, 5.74) is 5.90. The highest BCUT2D eigenvalue weighted by Crippen LogP contribution is 2.35. The quantitative estimate of drug-likeness (QED) is 0.883. The van der Waals surface area contributed by atoms with E-state index >= 15 is 0 Å². The van der Waals surface area contributed by atoms with Crippen molar-refractivity contribution in [3.05, 3.63) is 70.8 Å². The van der Waals surface area contributed by atoms with Crippen molar-refractivity contribution < 1.29 is 0 Å². The summed E-state index contributed by atoms with van der Waals surface area (Å²) >= 11 is 0. The lowest BCUT2D eigenvalue weighted by Crippen LogP contribution is -2.25. The van der Waals surface area contributed by atoms with Gasteiger partial charge >= 0.3 is 0 Å². The van der Waals surface area contributed by atoms with Crippen LogP contribution in [0.25, 0.3) is 0 Å². The molecule has 1 aliphatic rings. The number of aryl methyl sites for hydroxylation is 1. The summed E-state index contributed by atoms with van der Waals surface area (Å²) in [5.74, 6) is 0.671. The van der Waals surface area contributed by atoms with Gasteiger partial charge in [0.25, 0.3) is 0 Å². The molecule has 0 spiro atoms. The molecule has 2 aromatic carbocycles. The van der Waals surface area contributed by atoms with Crippen LogP contribution in [0.1, 0.15) is 35.2 Å². The summed E-state index contributed by atoms with van der Waals surface area (Å²) in [7, 11) is 2.08. The summed E-state index contributed by atoms with van der Waals surface area (Å²) in [6.07, 6.45) is 3.49. The van der Waals surface area contributed by atoms with E-state index in [1.807, 2.05) is 0 Å². The van der Waals surface area contributed by atoms with Crippen LogP contribution in [0.2, 0.25) is 0 Å². The van der Waals surface area contributed by atoms with E-state index in [0.29, 0.717) is 12.0 Å². The maximum absolute atomic E-state index is 3.53. The van der Waals surface area contributed by atoms with Crippen molar-refractivity contribution >= 4 is 0 Å². The zero-order valence-electron chi connectivity index (χ0n) is 12.4. The van der Waals surface area contributed by atoms with Crippen LogP contribution in [-0.2, 0) is 19.3 Å². The number of hydrogen-bond donors (Lipinski definition) is 1. The van der Waals surface area contributed by atoms with Gasteiger partial charge in [-0.3, -0.25) is 0 Å². The Balaban J connectivity index is 1.81. The summed E-state index contributed by atoms with van der Waals surface area (Å²) in [5, 5.41) is 3.53. The second-order valence-corrected chi connectivity index (χ2v) is 5.80. The van der Waals surface area contributed by atoms with E-state index in [9.17, 15) is 0 Å². The Morgan fingerprint density at radius 3 is 2.10 bits per heavy atom. The summed E-state index contributed by atoms with van der Waals surface area (Å²) in [6.45, 7) is 2.21. The zero-order chi connectivity index (χ0) is 13.9. The molecule has 0 saturated heterocycles. The molecule has 1 nitrogen and oxygen atoms in total. The van der Waals surface area contributed by atoms with Gasteiger partial charge in [0.2, 0.25) is 0 Å². The Morgan fingerprint density at radius 1 is 1.00 bits per heavy atom. The lowest BCUT2D eigenvalue weighted by Gasteiger charge is -2.23. The fourth-order valence-corrected chi connectivity index (χ4v) is 3.46. The SMILES string of the molecule is CCc1ccc(C(NC)C2Cc3ccccc3C2)cc1. The van der Waals surface area contributed by atoms with Crippen LogP contribution in [0.3, 0.4) is 0 Å². The van der Waals surface area contributed by atoms with Crippen molar-refractivity contribution in [1.82, 2.24) is 5.32 Å². The average Bonchev–Trinajstić information content (AvgIpc) is 2.92. The van der Waals surface area contributed by atoms with Gasteiger partial charge in [-0.05, 0) is 54.5 Å². The van der Waals surface area contributed by atoms with E-state index in [-0.39, 0.29) is 0 Å². The second kappa shape index (κ2) is 5.80. The van der Waals surface area contributed by atoms with Crippen LogP contribution in [0.5, 0.6) is 0 Å². The molecule has 0 fully saturated rings. The largest absolute Gasteiger partial charge is 0.313 e. The third-order valence-corrected chi connectivity index (χ3v) is 4.61. The monoisotopic (exact) mass is 265 g/mol. The summed E-state index contributed by atoms with van der Waals surface area (Å²) in [4.78, 5) is 0. The normalized spacial score (nSPS) is 16.1. The molecule has 20 heavy (non-hydrogen) atoms. The molecule has 0 aliphatic heterocycles. The van der Waals surface area contributed by atoms with E-state index in [1.165, 1.54) is 35.1 Å². The Hall–Kier alpha value is -1.60. The molecule has 1 unspecified atom stereocenters. The van der Waals surface area contributed by atoms with Gasteiger partial charge in [0.05, 0.1) is 0 Å². The first-order valence-corrected chi connectivity index (χ1v) is 7.64. The van der Waals surface area contributed by atoms with E-state index < -0.39 is 0 Å². The van der Waals surface area contributed by atoms with Crippen LogP contribution in [0, 0.1) is 5.92 Å². The molecule has 0 radical (unpaired) electrons. The Labute approximate surface area is 122 Å². The molecule has 2 aromatic rings. The van der Waals surface area contributed by atoms with Gasteiger partial charge in [0, 0.05) is 6.04 Å². The molecular formula is C19H23N. The first-order valence-electron chi connectivity index (χ1n) is 7.64. The highest BCUT2D eigenvalue weighted by molar-refractivity contribution is 5.34. The topological polar surface area (TPSA) is 12.0 Å². The molecule has 104 valence electrons. The van der Waals surface area contributed by atoms with Gasteiger partial charge in [-0.15, -0.1) is 0 Å². The lowest BCUT2D eigenvalue weighted by molar-refractivity contribution is 0.397. The Bertz CT molecular complexity index is 546. The molecule has 1 aliphatic carbocycles. The van der Waals surface area contributed by atoms with Crippen LogP contribution in [0.4, 0.5) is 0 Å². The van der Waals surface area contributed by atoms with E-state index in [2.05, 4.69) is 67.8 Å². The van der Waals surface area contributed by atoms with E-state index in [0.717, 1.165) is 6.42 Å². The van der Waals surface area contributed by atoms with Gasteiger partial charge in [-0.25, -0.2) is 0 Å². The van der Waals surface area contributed by atoms with Gasteiger partial charge in [0.1, 0.15) is 0 Å². The smallest absolute Gasteiger partial charge is 0.0352 e. The molecule has 1 N–H and O–H groups in total. The Morgan fingerprint density at radius 2 is 1.60 bits per heavy atom. The van der Waals surface area contributed by atoms with Crippen LogP contribution < -0.4 is 5.32 Å². The maximum atomic E-state index is 3.53. The highest BCUT2D eigenvalue weighted by atomic mass is 14.9. The fraction of sp³-hybridized carbons (Fsp3) is 0.368. The lowest BCUT2D eigenvalue weighted by atomic mass is 9.90. The molecule has 0 bridgehead atoms. The van der Waals surface area contributed by atoms with E-state index in [4.69, 9.17) is 0 Å². The maximum Gasteiger partial charge on any atom is 0.0352 e. The molecule has 1 atom stereocenters. The molecule has 0 aromatic heterocycles. The predicted octanol–water partition coefficient (Wildman–Crippen LogP) is 3.92. The molecular weight excluding hydrogens is 242 g/mol. The number of benzene rings is 2. The summed E-state index contributed by atoms with van der Waals surface area (Å²) < 4.78 is 0. The minimum absolute atomic E-state index is 0.452. The van der Waals surface area contributed by atoms with E-state index in [1.54, 1.807) is 0 Å². The van der Waals surface area contributed by atoms with Crippen molar-refractivity contribution in [1.29, 1.82) is 0 Å². The fourth-order valence-electron chi connectivity index (χ4n) is 3.46. The summed E-state index contributed by atoms with van der Waals surface area (Å²) in [6, 6.07) is 18.4. The number of fused-ring (bicyclic) bond motifs is 1. The minimum Gasteiger partial charge on any atom is -0.313 e. The number of hydrogen-bond acceptors (Lipinski definition) is 1. The highest BCUT2D eigenvalue weighted by Gasteiger charge is 2.28. The van der Waals surface area contributed by atoms with Crippen molar-refractivity contribution in [2.24, 2.45) is 5.92 Å². The third-order valence-electron chi connectivity index (χ3n) is 4.61. The standard InChI is InChI=1S/C19H23N/c1-3-14-8-10-15(11-9-14)19(20-2)18-12-16-6-4-5-7-17(16)13-18/h4-11,18-20H,3,12-13H2,1-2H3. The molecule has 0 heterocycles. The molecule has 1 heteroatoms. The molecule has 0 saturated carbocycles. The first-order chi connectivity index (χ1) is 9.81. The number of nitrogens with one attached hydrogen (secondary N) is 1. The first kappa shape index (κ1) is 13.4. The second-order valence-electron chi connectivity index (χ2n) is 5.80. The number of rotatable bonds is 4. The minimum atomic E-state index is 0.452. The van der Waals surface area contributed by atoms with Gasteiger partial charge in [-0.1, -0.05) is 55.5 Å². The predicted molar refractivity (Wildman–Crippen MR) is 85.0 cm³/mol. The van der Waals surface area contributed by atoms with Crippen LogP contribution in [-0.4, -0.2) is 7.05 Å². The van der Waals surface area contributed by atoms with Crippen molar-refractivity contribution in [2.75, 3.05) is 7.05 Å². The van der Waals surface area contributed by atoms with Gasteiger partial charge in [0.15, 0.2) is 0 Å². The van der Waals surface area contributed by atoms with Crippen LogP contribution >= 0.6 is 0 Å². The zero-order valence-corrected chi connectivity index (χ0v) is 12.4. The average molecular weight is 265 g/mol. The third kappa shape index (κ3) is 2.51. The molecule has 0 amide bonds. The van der Waals surface area contributed by atoms with Crippen molar-refractivity contribution in [3.63, 3.8) is 0 Å². The molecule has 3 rings (SSSR count).